The second-order valence-corrected chi connectivity index (χ2v) is 20.7. The van der Waals surface area contributed by atoms with Gasteiger partial charge >= 0.3 is 0 Å². The lowest BCUT2D eigenvalue weighted by Gasteiger charge is -2.34. The summed E-state index contributed by atoms with van der Waals surface area (Å²) >= 11 is 0. The fourth-order valence-electron chi connectivity index (χ4n) is 11.1. The lowest BCUT2D eigenvalue weighted by molar-refractivity contribution is 0.586. The first-order valence-electron chi connectivity index (χ1n) is 22.4. The Balaban J connectivity index is 1.20. The molecular weight excluding hydrogens is 747 g/mol. The van der Waals surface area contributed by atoms with E-state index in [1.807, 2.05) is 0 Å². The molecule has 0 aromatic heterocycles. The highest BCUT2D eigenvalue weighted by Crippen LogP contribution is 2.64. The van der Waals surface area contributed by atoms with E-state index >= 15 is 0 Å². The maximum absolute atomic E-state index is 2.55. The Morgan fingerprint density at radius 1 is 0.355 bits per heavy atom. The third-order valence-corrected chi connectivity index (χ3v) is 14.5. The normalized spacial score (nSPS) is 14.8. The quantitative estimate of drug-likeness (QED) is 0.171. The van der Waals surface area contributed by atoms with Crippen molar-refractivity contribution >= 4 is 17.1 Å². The molecule has 0 atom stereocenters. The lowest BCUT2D eigenvalue weighted by Crippen LogP contribution is -2.27. The van der Waals surface area contributed by atoms with E-state index < -0.39 is 5.41 Å². The molecule has 1 heteroatoms. The molecule has 0 N–H and O–H groups in total. The van der Waals surface area contributed by atoms with E-state index in [-0.39, 0.29) is 16.2 Å². The Morgan fingerprint density at radius 2 is 0.839 bits per heavy atom. The molecule has 8 aromatic carbocycles. The Morgan fingerprint density at radius 3 is 1.47 bits per heavy atom. The van der Waals surface area contributed by atoms with Gasteiger partial charge in [-0.3, -0.25) is 0 Å². The minimum Gasteiger partial charge on any atom is -0.310 e. The van der Waals surface area contributed by atoms with Crippen molar-refractivity contribution in [1.82, 2.24) is 0 Å². The monoisotopic (exact) mass is 801 g/mol. The Bertz CT molecular complexity index is 3060. The summed E-state index contributed by atoms with van der Waals surface area (Å²) in [5, 5.41) is 0. The number of fused-ring (bicyclic) bond motifs is 13. The number of benzene rings is 8. The van der Waals surface area contributed by atoms with E-state index in [9.17, 15) is 0 Å². The van der Waals surface area contributed by atoms with Gasteiger partial charge in [-0.25, -0.2) is 0 Å². The van der Waals surface area contributed by atoms with Crippen LogP contribution >= 0.6 is 0 Å². The maximum Gasteiger partial charge on any atom is 0.0726 e. The molecule has 0 radical (unpaired) electrons. The second kappa shape index (κ2) is 13.3. The van der Waals surface area contributed by atoms with E-state index in [0.717, 1.165) is 17.1 Å². The van der Waals surface area contributed by atoms with Crippen LogP contribution in [0.1, 0.15) is 105 Å². The average molecular weight is 802 g/mol. The Labute approximate surface area is 368 Å². The maximum atomic E-state index is 2.55. The van der Waals surface area contributed by atoms with Crippen LogP contribution in [0.15, 0.2) is 170 Å². The van der Waals surface area contributed by atoms with E-state index in [1.165, 1.54) is 94.6 Å². The highest BCUT2D eigenvalue weighted by molar-refractivity contribution is 5.97. The molecule has 11 rings (SSSR count). The summed E-state index contributed by atoms with van der Waals surface area (Å²) in [6.07, 6.45) is 0. The van der Waals surface area contributed by atoms with Crippen molar-refractivity contribution in [2.24, 2.45) is 0 Å². The fraction of sp³-hybridized carbons (Fsp3) is 0.213. The SMILES string of the molecule is Cc1ccc(-c2cccc(N(c3ccc4c(c3)-c3ccccc3C4(C)C)c3ccc4c(c3)C3(c5ccccc5-4)c4cc(C(C)(C)C)ccc4-c4ccc(C(C)(C)C)cc43)c2)cc1. The van der Waals surface area contributed by atoms with Crippen LogP contribution in [0.25, 0.3) is 44.5 Å². The highest BCUT2D eigenvalue weighted by atomic mass is 15.1. The van der Waals surface area contributed by atoms with Crippen molar-refractivity contribution in [3.05, 3.63) is 220 Å². The first-order valence-corrected chi connectivity index (χ1v) is 22.4. The summed E-state index contributed by atoms with van der Waals surface area (Å²) in [4.78, 5) is 2.51. The predicted octanol–water partition coefficient (Wildman–Crippen LogP) is 16.4. The van der Waals surface area contributed by atoms with Gasteiger partial charge in [0.05, 0.1) is 5.41 Å². The lowest BCUT2D eigenvalue weighted by atomic mass is 9.68. The smallest absolute Gasteiger partial charge is 0.0726 e. The Kier molecular flexibility index (Phi) is 8.24. The van der Waals surface area contributed by atoms with Crippen LogP contribution in [0.2, 0.25) is 0 Å². The molecule has 3 aliphatic carbocycles. The molecule has 0 fully saturated rings. The summed E-state index contributed by atoms with van der Waals surface area (Å²) in [5.41, 5.74) is 25.5. The molecular formula is C61H55N. The molecule has 1 nitrogen and oxygen atoms in total. The Hall–Kier alpha value is -6.44. The summed E-state index contributed by atoms with van der Waals surface area (Å²) in [6.45, 7) is 20.9. The van der Waals surface area contributed by atoms with Gasteiger partial charge in [-0.15, -0.1) is 0 Å². The van der Waals surface area contributed by atoms with Crippen molar-refractivity contribution in [2.45, 2.75) is 84.0 Å². The molecule has 304 valence electrons. The number of anilines is 3. The second-order valence-electron chi connectivity index (χ2n) is 20.7. The number of rotatable bonds is 4. The number of nitrogens with zero attached hydrogens (tertiary/aromatic N) is 1. The minimum absolute atomic E-state index is 0.00954. The molecule has 3 aliphatic rings. The zero-order valence-corrected chi connectivity index (χ0v) is 37.6. The molecule has 62 heavy (non-hydrogen) atoms. The molecule has 0 amide bonds. The molecule has 0 saturated carbocycles. The highest BCUT2D eigenvalue weighted by Gasteiger charge is 2.52. The van der Waals surface area contributed by atoms with Gasteiger partial charge in [0.25, 0.3) is 0 Å². The van der Waals surface area contributed by atoms with Gasteiger partial charge in [0.2, 0.25) is 0 Å². The van der Waals surface area contributed by atoms with Gasteiger partial charge in [-0.05, 0) is 143 Å². The van der Waals surface area contributed by atoms with Crippen molar-refractivity contribution in [3.8, 4) is 44.5 Å². The zero-order valence-electron chi connectivity index (χ0n) is 37.6. The van der Waals surface area contributed by atoms with Crippen molar-refractivity contribution in [3.63, 3.8) is 0 Å². The molecule has 0 heterocycles. The third kappa shape index (κ3) is 5.53. The first kappa shape index (κ1) is 38.5. The van der Waals surface area contributed by atoms with Crippen LogP contribution in [0.3, 0.4) is 0 Å². The van der Waals surface area contributed by atoms with E-state index in [1.54, 1.807) is 0 Å². The van der Waals surface area contributed by atoms with Gasteiger partial charge < -0.3 is 4.90 Å². The first-order chi connectivity index (χ1) is 29.7. The van der Waals surface area contributed by atoms with Crippen molar-refractivity contribution in [1.29, 1.82) is 0 Å². The molecule has 0 saturated heterocycles. The van der Waals surface area contributed by atoms with Crippen molar-refractivity contribution < 1.29 is 0 Å². The van der Waals surface area contributed by atoms with Crippen LogP contribution in [-0.4, -0.2) is 0 Å². The molecule has 0 unspecified atom stereocenters. The van der Waals surface area contributed by atoms with E-state index in [2.05, 4.69) is 237 Å². The molecule has 0 aliphatic heterocycles. The molecule has 0 bridgehead atoms. The average Bonchev–Trinajstić information content (AvgIpc) is 3.81. The number of hydrogen-bond donors (Lipinski definition) is 0. The minimum atomic E-state index is -0.495. The molecule has 8 aromatic rings. The van der Waals surface area contributed by atoms with Crippen LogP contribution in [0.4, 0.5) is 17.1 Å². The van der Waals surface area contributed by atoms with Gasteiger partial charge in [0.15, 0.2) is 0 Å². The van der Waals surface area contributed by atoms with Gasteiger partial charge in [-0.2, -0.15) is 0 Å². The number of aryl methyl sites for hydroxylation is 1. The third-order valence-electron chi connectivity index (χ3n) is 14.5. The predicted molar refractivity (Wildman–Crippen MR) is 263 cm³/mol. The standard InChI is InChI=1S/C61H55N/c1-38-21-23-39(24-22-38)40-15-14-16-43(33-40)62(44-28-32-53-51(36-44)47-18-10-12-19-52(47)60(53,8)9)45-27-31-50-46-17-11-13-20-54(46)61(57(50)37-45)55-34-41(58(2,3)4)25-29-48(55)49-30-26-42(35-56(49)61)59(5,6)7/h10-37H,1-9H3. The van der Waals surface area contributed by atoms with E-state index in [4.69, 9.17) is 0 Å². The fourth-order valence-corrected chi connectivity index (χ4v) is 11.1. The van der Waals surface area contributed by atoms with Gasteiger partial charge in [0, 0.05) is 22.5 Å². The summed E-state index contributed by atoms with van der Waals surface area (Å²) < 4.78 is 0. The number of hydrogen-bond acceptors (Lipinski definition) is 1. The van der Waals surface area contributed by atoms with Crippen molar-refractivity contribution in [2.75, 3.05) is 4.90 Å². The molecule has 1 spiro atoms. The largest absolute Gasteiger partial charge is 0.310 e. The van der Waals surface area contributed by atoms with E-state index in [0.29, 0.717) is 0 Å². The van der Waals surface area contributed by atoms with Crippen LogP contribution in [0, 0.1) is 6.92 Å². The van der Waals surface area contributed by atoms with Gasteiger partial charge in [-0.1, -0.05) is 194 Å². The zero-order chi connectivity index (χ0) is 42.9. The van der Waals surface area contributed by atoms with Crippen LogP contribution in [-0.2, 0) is 21.7 Å². The summed E-state index contributed by atoms with van der Waals surface area (Å²) in [7, 11) is 0. The van der Waals surface area contributed by atoms with Gasteiger partial charge in [0.1, 0.15) is 0 Å². The topological polar surface area (TPSA) is 3.24 Å². The summed E-state index contributed by atoms with van der Waals surface area (Å²) in [6, 6.07) is 65.4. The van der Waals surface area contributed by atoms with Crippen LogP contribution < -0.4 is 4.90 Å². The van der Waals surface area contributed by atoms with Crippen LogP contribution in [0.5, 0.6) is 0 Å². The summed E-state index contributed by atoms with van der Waals surface area (Å²) in [5.74, 6) is 0.